The molecule has 1 heterocycles. The average molecular weight is 356 g/mol. The molecule has 0 aliphatic rings. The van der Waals surface area contributed by atoms with Crippen molar-refractivity contribution in [1.82, 2.24) is 0 Å². The van der Waals surface area contributed by atoms with E-state index in [1.807, 2.05) is 13.8 Å². The van der Waals surface area contributed by atoms with Crippen LogP contribution in [0.2, 0.25) is 0 Å². The Morgan fingerprint density at radius 2 is 1.69 bits per heavy atom. The lowest BCUT2D eigenvalue weighted by Gasteiger charge is -2.12. The van der Waals surface area contributed by atoms with E-state index in [1.54, 1.807) is 0 Å². The van der Waals surface area contributed by atoms with Crippen LogP contribution in [-0.2, 0) is 6.42 Å². The van der Waals surface area contributed by atoms with E-state index in [1.165, 1.54) is 12.1 Å². The Morgan fingerprint density at radius 3 is 2.35 bits per heavy atom. The lowest BCUT2D eigenvalue weighted by Crippen LogP contribution is -2.04. The maximum absolute atomic E-state index is 12.5. The van der Waals surface area contributed by atoms with Crippen molar-refractivity contribution in [2.24, 2.45) is 5.92 Å². The molecule has 0 aliphatic heterocycles. The Kier molecular flexibility index (Phi) is 4.50. The normalized spacial score (nSPS) is 11.3. The van der Waals surface area contributed by atoms with Crippen LogP contribution in [-0.4, -0.2) is 20.4 Å². The van der Waals surface area contributed by atoms with E-state index < -0.39 is 5.43 Å². The molecule has 1 aromatic heterocycles. The zero-order chi connectivity index (χ0) is 19.0. The standard InChI is InChI=1S/C20H20O6/c1-10(2)3-5-13-15(23)8-16(24)19-17(25)9-18(26-20(13)19)12-6-4-11(21)7-14(12)22/h4,6-10,21-24H,3,5H2,1-2H3. The molecule has 0 aliphatic carbocycles. The number of hydrogen-bond donors (Lipinski definition) is 4. The summed E-state index contributed by atoms with van der Waals surface area (Å²) in [6.07, 6.45) is 1.22. The highest BCUT2D eigenvalue weighted by molar-refractivity contribution is 5.89. The quantitative estimate of drug-likeness (QED) is 0.565. The lowest BCUT2D eigenvalue weighted by atomic mass is 9.99. The van der Waals surface area contributed by atoms with Crippen molar-refractivity contribution in [3.05, 3.63) is 46.1 Å². The maximum atomic E-state index is 12.5. The highest BCUT2D eigenvalue weighted by Gasteiger charge is 2.19. The lowest BCUT2D eigenvalue weighted by molar-refractivity contribution is 0.443. The maximum Gasteiger partial charge on any atom is 0.197 e. The highest BCUT2D eigenvalue weighted by atomic mass is 16.3. The van der Waals surface area contributed by atoms with Gasteiger partial charge in [0.1, 0.15) is 39.7 Å². The van der Waals surface area contributed by atoms with Gasteiger partial charge in [0, 0.05) is 23.8 Å². The van der Waals surface area contributed by atoms with Crippen LogP contribution in [0.15, 0.2) is 39.5 Å². The summed E-state index contributed by atoms with van der Waals surface area (Å²) in [5, 5.41) is 39.8. The number of phenols is 4. The first-order valence-corrected chi connectivity index (χ1v) is 8.32. The molecule has 136 valence electrons. The van der Waals surface area contributed by atoms with E-state index in [-0.39, 0.29) is 45.3 Å². The third kappa shape index (κ3) is 3.18. The molecule has 26 heavy (non-hydrogen) atoms. The molecule has 0 spiro atoms. The van der Waals surface area contributed by atoms with Crippen LogP contribution in [0.1, 0.15) is 25.8 Å². The molecule has 2 aromatic carbocycles. The zero-order valence-corrected chi connectivity index (χ0v) is 14.5. The van der Waals surface area contributed by atoms with Gasteiger partial charge in [0.05, 0.1) is 5.56 Å². The SMILES string of the molecule is CC(C)CCc1c(O)cc(O)c2c(=O)cc(-c3ccc(O)cc3O)oc12. The molecule has 0 radical (unpaired) electrons. The summed E-state index contributed by atoms with van der Waals surface area (Å²) in [5.74, 6) is -0.431. The molecule has 6 heteroatoms. The summed E-state index contributed by atoms with van der Waals surface area (Å²) in [4.78, 5) is 12.5. The molecule has 6 nitrogen and oxygen atoms in total. The van der Waals surface area contributed by atoms with Gasteiger partial charge in [0.2, 0.25) is 0 Å². The molecule has 0 atom stereocenters. The van der Waals surface area contributed by atoms with Gasteiger partial charge in [-0.05, 0) is 30.9 Å². The minimum Gasteiger partial charge on any atom is -0.508 e. The molecule has 4 N–H and O–H groups in total. The molecule has 3 aromatic rings. The van der Waals surface area contributed by atoms with Crippen molar-refractivity contribution in [3.8, 4) is 34.3 Å². The van der Waals surface area contributed by atoms with E-state index in [2.05, 4.69) is 0 Å². The fourth-order valence-electron chi connectivity index (χ4n) is 2.89. The van der Waals surface area contributed by atoms with Crippen molar-refractivity contribution >= 4 is 11.0 Å². The number of fused-ring (bicyclic) bond motifs is 1. The third-order valence-corrected chi connectivity index (χ3v) is 4.28. The Balaban J connectivity index is 2.28. The monoisotopic (exact) mass is 356 g/mol. The third-order valence-electron chi connectivity index (χ3n) is 4.28. The Bertz CT molecular complexity index is 1030. The second-order valence-corrected chi connectivity index (χ2v) is 6.71. The van der Waals surface area contributed by atoms with Crippen LogP contribution in [0.5, 0.6) is 23.0 Å². The average Bonchev–Trinajstić information content (AvgIpc) is 2.53. The van der Waals surface area contributed by atoms with E-state index in [0.717, 1.165) is 24.6 Å². The van der Waals surface area contributed by atoms with Crippen LogP contribution in [0.4, 0.5) is 0 Å². The minimum absolute atomic E-state index is 0.0106. The smallest absolute Gasteiger partial charge is 0.197 e. The minimum atomic E-state index is -0.489. The van der Waals surface area contributed by atoms with Crippen LogP contribution in [0.25, 0.3) is 22.3 Å². The summed E-state index contributed by atoms with van der Waals surface area (Å²) in [6, 6.07) is 6.23. The predicted octanol–water partition coefficient (Wildman–Crippen LogP) is 3.87. The second kappa shape index (κ2) is 6.63. The number of hydrogen-bond acceptors (Lipinski definition) is 6. The molecule has 0 fully saturated rings. The topological polar surface area (TPSA) is 111 Å². The summed E-state index contributed by atoms with van der Waals surface area (Å²) in [7, 11) is 0. The van der Waals surface area contributed by atoms with Gasteiger partial charge >= 0.3 is 0 Å². The fraction of sp³-hybridized carbons (Fsp3) is 0.250. The number of phenolic OH excluding ortho intramolecular Hbond substituents is 4. The van der Waals surface area contributed by atoms with Gasteiger partial charge in [-0.1, -0.05) is 13.8 Å². The summed E-state index contributed by atoms with van der Waals surface area (Å²) >= 11 is 0. The van der Waals surface area contributed by atoms with Gasteiger partial charge in [0.25, 0.3) is 0 Å². The van der Waals surface area contributed by atoms with E-state index in [0.29, 0.717) is 17.9 Å². The van der Waals surface area contributed by atoms with Crippen LogP contribution < -0.4 is 5.43 Å². The first-order chi connectivity index (χ1) is 12.3. The van der Waals surface area contributed by atoms with Gasteiger partial charge in [-0.15, -0.1) is 0 Å². The van der Waals surface area contributed by atoms with E-state index in [9.17, 15) is 25.2 Å². The highest BCUT2D eigenvalue weighted by Crippen LogP contribution is 2.38. The van der Waals surface area contributed by atoms with Gasteiger partial charge in [-0.3, -0.25) is 4.79 Å². The van der Waals surface area contributed by atoms with Crippen molar-refractivity contribution in [2.75, 3.05) is 0 Å². The second-order valence-electron chi connectivity index (χ2n) is 6.71. The molecule has 0 saturated carbocycles. The van der Waals surface area contributed by atoms with Crippen molar-refractivity contribution in [1.29, 1.82) is 0 Å². The van der Waals surface area contributed by atoms with Crippen molar-refractivity contribution < 1.29 is 24.8 Å². The Labute approximate surface area is 149 Å². The van der Waals surface area contributed by atoms with Gasteiger partial charge < -0.3 is 24.8 Å². The van der Waals surface area contributed by atoms with Crippen LogP contribution in [0.3, 0.4) is 0 Å². The largest absolute Gasteiger partial charge is 0.508 e. The molecule has 0 unspecified atom stereocenters. The van der Waals surface area contributed by atoms with Crippen LogP contribution >= 0.6 is 0 Å². The molecule has 0 amide bonds. The first-order valence-electron chi connectivity index (χ1n) is 8.32. The summed E-state index contributed by atoms with van der Waals surface area (Å²) < 4.78 is 5.81. The number of benzene rings is 2. The number of rotatable bonds is 4. The number of aryl methyl sites for hydroxylation is 1. The van der Waals surface area contributed by atoms with Gasteiger partial charge in [0.15, 0.2) is 5.43 Å². The van der Waals surface area contributed by atoms with Crippen LogP contribution in [0, 0.1) is 5.92 Å². The summed E-state index contributed by atoms with van der Waals surface area (Å²) in [6.45, 7) is 4.07. The molecule has 3 rings (SSSR count). The zero-order valence-electron chi connectivity index (χ0n) is 14.5. The predicted molar refractivity (Wildman–Crippen MR) is 97.7 cm³/mol. The number of aromatic hydroxyl groups is 4. The van der Waals surface area contributed by atoms with Gasteiger partial charge in [-0.2, -0.15) is 0 Å². The molecule has 0 bridgehead atoms. The Hall–Kier alpha value is -3.15. The molecular formula is C20H20O6. The Morgan fingerprint density at radius 1 is 0.962 bits per heavy atom. The molecule has 0 saturated heterocycles. The van der Waals surface area contributed by atoms with E-state index >= 15 is 0 Å². The first kappa shape index (κ1) is 17.7. The van der Waals surface area contributed by atoms with E-state index in [4.69, 9.17) is 4.42 Å². The van der Waals surface area contributed by atoms with Crippen molar-refractivity contribution in [2.45, 2.75) is 26.7 Å². The van der Waals surface area contributed by atoms with Crippen molar-refractivity contribution in [3.63, 3.8) is 0 Å². The summed E-state index contributed by atoms with van der Waals surface area (Å²) in [5.41, 5.74) is 0.262. The fourth-order valence-corrected chi connectivity index (χ4v) is 2.89. The van der Waals surface area contributed by atoms with Gasteiger partial charge in [-0.25, -0.2) is 0 Å². The molecular weight excluding hydrogens is 336 g/mol.